The van der Waals surface area contributed by atoms with Crippen molar-refractivity contribution in [3.05, 3.63) is 34.9 Å². The molecule has 1 fully saturated rings. The molecule has 2 unspecified atom stereocenters. The third kappa shape index (κ3) is 3.12. The van der Waals surface area contributed by atoms with E-state index in [9.17, 15) is 13.9 Å². The van der Waals surface area contributed by atoms with E-state index in [4.69, 9.17) is 0 Å². The van der Waals surface area contributed by atoms with Crippen LogP contribution in [-0.2, 0) is 5.60 Å². The standard InChI is InChI=1S/C15H21F2NO/c1-10-6-7-12(16)13(14(10)17)15(2,19)9-11-5-3-4-8-18-11/h6-7,11,18-19H,3-5,8-9H2,1-2H3. The molecule has 0 aromatic heterocycles. The summed E-state index contributed by atoms with van der Waals surface area (Å²) in [5, 5.41) is 13.8. The number of hydrogen-bond acceptors (Lipinski definition) is 2. The van der Waals surface area contributed by atoms with Crippen LogP contribution in [0.25, 0.3) is 0 Å². The van der Waals surface area contributed by atoms with Crippen molar-refractivity contribution in [2.24, 2.45) is 0 Å². The van der Waals surface area contributed by atoms with E-state index in [1.165, 1.54) is 19.1 Å². The van der Waals surface area contributed by atoms with E-state index in [-0.39, 0.29) is 11.6 Å². The molecule has 2 N–H and O–H groups in total. The van der Waals surface area contributed by atoms with E-state index in [0.29, 0.717) is 12.0 Å². The molecule has 1 aliphatic rings. The molecule has 1 saturated heterocycles. The van der Waals surface area contributed by atoms with E-state index < -0.39 is 17.2 Å². The third-order valence-corrected chi connectivity index (χ3v) is 3.88. The zero-order valence-electron chi connectivity index (χ0n) is 11.5. The van der Waals surface area contributed by atoms with Crippen molar-refractivity contribution in [2.45, 2.75) is 51.2 Å². The Morgan fingerprint density at radius 1 is 1.37 bits per heavy atom. The highest BCUT2D eigenvalue weighted by Gasteiger charge is 2.33. The fourth-order valence-corrected chi connectivity index (χ4v) is 2.83. The van der Waals surface area contributed by atoms with Crippen LogP contribution in [0.5, 0.6) is 0 Å². The Hall–Kier alpha value is -1.00. The van der Waals surface area contributed by atoms with Crippen LogP contribution in [0.3, 0.4) is 0 Å². The van der Waals surface area contributed by atoms with Crippen molar-refractivity contribution in [3.63, 3.8) is 0 Å². The number of aliphatic hydroxyl groups is 1. The van der Waals surface area contributed by atoms with Gasteiger partial charge in [-0.15, -0.1) is 0 Å². The van der Waals surface area contributed by atoms with Crippen molar-refractivity contribution < 1.29 is 13.9 Å². The minimum absolute atomic E-state index is 0.114. The van der Waals surface area contributed by atoms with Gasteiger partial charge < -0.3 is 10.4 Å². The normalized spacial score (nSPS) is 23.1. The molecule has 2 rings (SSSR count). The largest absolute Gasteiger partial charge is 0.385 e. The second-order valence-corrected chi connectivity index (χ2v) is 5.68. The molecule has 1 aromatic carbocycles. The lowest BCUT2D eigenvalue weighted by atomic mass is 9.85. The zero-order valence-corrected chi connectivity index (χ0v) is 11.5. The molecule has 106 valence electrons. The molecule has 0 radical (unpaired) electrons. The van der Waals surface area contributed by atoms with E-state index >= 15 is 0 Å². The average molecular weight is 269 g/mol. The van der Waals surface area contributed by atoms with Gasteiger partial charge in [0.15, 0.2) is 0 Å². The lowest BCUT2D eigenvalue weighted by molar-refractivity contribution is 0.0261. The van der Waals surface area contributed by atoms with Crippen LogP contribution in [0.2, 0.25) is 0 Å². The predicted molar refractivity (Wildman–Crippen MR) is 70.9 cm³/mol. The van der Waals surface area contributed by atoms with Crippen LogP contribution in [-0.4, -0.2) is 17.7 Å². The summed E-state index contributed by atoms with van der Waals surface area (Å²) in [7, 11) is 0. The van der Waals surface area contributed by atoms with Gasteiger partial charge in [-0.05, 0) is 51.3 Å². The smallest absolute Gasteiger partial charge is 0.135 e. The number of benzene rings is 1. The molecule has 2 atom stereocenters. The predicted octanol–water partition coefficient (Wildman–Crippen LogP) is 3.01. The summed E-state index contributed by atoms with van der Waals surface area (Å²) in [6.45, 7) is 3.97. The minimum Gasteiger partial charge on any atom is -0.385 e. The molecule has 0 bridgehead atoms. The Balaban J connectivity index is 2.25. The highest BCUT2D eigenvalue weighted by Crippen LogP contribution is 2.33. The van der Waals surface area contributed by atoms with Gasteiger partial charge in [-0.2, -0.15) is 0 Å². The summed E-state index contributed by atoms with van der Waals surface area (Å²) >= 11 is 0. The van der Waals surface area contributed by atoms with Crippen molar-refractivity contribution in [3.8, 4) is 0 Å². The third-order valence-electron chi connectivity index (χ3n) is 3.88. The van der Waals surface area contributed by atoms with Crippen LogP contribution in [0.1, 0.15) is 43.7 Å². The van der Waals surface area contributed by atoms with Crippen molar-refractivity contribution in [2.75, 3.05) is 6.54 Å². The Bertz CT molecular complexity index is 454. The monoisotopic (exact) mass is 269 g/mol. The summed E-state index contributed by atoms with van der Waals surface area (Å²) in [5.41, 5.74) is -1.34. The topological polar surface area (TPSA) is 32.3 Å². The van der Waals surface area contributed by atoms with E-state index in [2.05, 4.69) is 5.32 Å². The van der Waals surface area contributed by atoms with Gasteiger partial charge in [0.2, 0.25) is 0 Å². The van der Waals surface area contributed by atoms with E-state index in [0.717, 1.165) is 25.8 Å². The number of aryl methyl sites for hydroxylation is 1. The first kappa shape index (κ1) is 14.4. The van der Waals surface area contributed by atoms with Crippen molar-refractivity contribution >= 4 is 0 Å². The molecule has 0 saturated carbocycles. The Labute approximate surface area is 112 Å². The SMILES string of the molecule is Cc1ccc(F)c(C(C)(O)CC2CCCCN2)c1F. The molecule has 0 aliphatic carbocycles. The van der Waals surface area contributed by atoms with Gasteiger partial charge in [0.05, 0.1) is 11.2 Å². The average Bonchev–Trinajstić information content (AvgIpc) is 2.35. The number of hydrogen-bond donors (Lipinski definition) is 2. The highest BCUT2D eigenvalue weighted by molar-refractivity contribution is 5.31. The molecule has 0 spiro atoms. The van der Waals surface area contributed by atoms with Gasteiger partial charge >= 0.3 is 0 Å². The van der Waals surface area contributed by atoms with Gasteiger partial charge in [-0.1, -0.05) is 12.5 Å². The van der Waals surface area contributed by atoms with Gasteiger partial charge in [-0.25, -0.2) is 8.78 Å². The van der Waals surface area contributed by atoms with Crippen LogP contribution < -0.4 is 5.32 Å². The zero-order chi connectivity index (χ0) is 14.0. The highest BCUT2D eigenvalue weighted by atomic mass is 19.1. The molecule has 19 heavy (non-hydrogen) atoms. The Morgan fingerprint density at radius 3 is 2.74 bits per heavy atom. The number of halogens is 2. The number of rotatable bonds is 3. The molecule has 1 heterocycles. The Morgan fingerprint density at radius 2 is 2.11 bits per heavy atom. The second kappa shape index (κ2) is 5.55. The van der Waals surface area contributed by atoms with Crippen molar-refractivity contribution in [1.82, 2.24) is 5.32 Å². The molecule has 2 nitrogen and oxygen atoms in total. The quantitative estimate of drug-likeness (QED) is 0.884. The number of nitrogens with one attached hydrogen (secondary N) is 1. The first-order chi connectivity index (χ1) is 8.92. The minimum atomic E-state index is -1.49. The van der Waals surface area contributed by atoms with Crippen LogP contribution >= 0.6 is 0 Å². The summed E-state index contributed by atoms with van der Waals surface area (Å²) in [6.07, 6.45) is 3.47. The van der Waals surface area contributed by atoms with Gasteiger partial charge in [0.1, 0.15) is 11.6 Å². The van der Waals surface area contributed by atoms with E-state index in [1.807, 2.05) is 0 Å². The van der Waals surface area contributed by atoms with E-state index in [1.54, 1.807) is 6.92 Å². The second-order valence-electron chi connectivity index (χ2n) is 5.68. The maximum absolute atomic E-state index is 14.1. The van der Waals surface area contributed by atoms with Crippen LogP contribution in [0.15, 0.2) is 12.1 Å². The molecular weight excluding hydrogens is 248 g/mol. The van der Waals surface area contributed by atoms with Gasteiger partial charge in [0.25, 0.3) is 0 Å². The van der Waals surface area contributed by atoms with Gasteiger partial charge in [0, 0.05) is 6.04 Å². The maximum atomic E-state index is 14.1. The van der Waals surface area contributed by atoms with Crippen molar-refractivity contribution in [1.29, 1.82) is 0 Å². The molecule has 0 amide bonds. The summed E-state index contributed by atoms with van der Waals surface area (Å²) in [5.74, 6) is -1.32. The lowest BCUT2D eigenvalue weighted by Gasteiger charge is -2.32. The molecule has 4 heteroatoms. The summed E-state index contributed by atoms with van der Waals surface area (Å²) in [6, 6.07) is 2.72. The maximum Gasteiger partial charge on any atom is 0.135 e. The van der Waals surface area contributed by atoms with Gasteiger partial charge in [-0.3, -0.25) is 0 Å². The number of piperidine rings is 1. The lowest BCUT2D eigenvalue weighted by Crippen LogP contribution is -2.40. The summed E-state index contributed by atoms with van der Waals surface area (Å²) < 4.78 is 28.0. The van der Waals surface area contributed by atoms with Crippen LogP contribution in [0.4, 0.5) is 8.78 Å². The fourth-order valence-electron chi connectivity index (χ4n) is 2.83. The molecular formula is C15H21F2NO. The molecule has 1 aromatic rings. The summed E-state index contributed by atoms with van der Waals surface area (Å²) in [4.78, 5) is 0. The molecule has 1 aliphatic heterocycles. The van der Waals surface area contributed by atoms with Crippen LogP contribution in [0, 0.1) is 18.6 Å². The first-order valence-electron chi connectivity index (χ1n) is 6.82. The Kier molecular flexibility index (Phi) is 4.21. The first-order valence-corrected chi connectivity index (χ1v) is 6.82. The fraction of sp³-hybridized carbons (Fsp3) is 0.600.